The van der Waals surface area contributed by atoms with Crippen molar-refractivity contribution < 1.29 is 1.41 Å². The van der Waals surface area contributed by atoms with E-state index in [1.165, 1.54) is 4.98 Å². The second-order valence-electron chi connectivity index (χ2n) is 1.48. The summed E-state index contributed by atoms with van der Waals surface area (Å²) in [7, 11) is 0. The fraction of sp³-hybridized carbons (Fsp3) is 0.333. The molecule has 0 unspecified atom stereocenters. The normalized spacial score (nSPS) is 11.3. The Morgan fingerprint density at radius 3 is 3.14 bits per heavy atom. The molecule has 0 fully saturated rings. The van der Waals surface area contributed by atoms with Crippen LogP contribution in [0.1, 0.15) is 12.6 Å². The van der Waals surface area contributed by atoms with Gasteiger partial charge in [-0.25, -0.2) is 0 Å². The van der Waals surface area contributed by atoms with Crippen LogP contribution < -0.4 is 0 Å². The van der Waals surface area contributed by atoms with Gasteiger partial charge in [-0.3, -0.25) is 0 Å². The Morgan fingerprint density at radius 2 is 2.86 bits per heavy atom. The van der Waals surface area contributed by atoms with Crippen LogP contribution in [0.25, 0.3) is 0 Å². The van der Waals surface area contributed by atoms with Crippen molar-refractivity contribution in [3.8, 4) is 0 Å². The molecule has 1 heterocycles. The molecule has 1 heteroatoms. The highest BCUT2D eigenvalue weighted by molar-refractivity contribution is 5.02. The smallest absolute Gasteiger partial charge is 0.166 e. The van der Waals surface area contributed by atoms with Crippen molar-refractivity contribution in [2.75, 3.05) is 0 Å². The summed E-state index contributed by atoms with van der Waals surface area (Å²) in [5, 5.41) is 0. The molecule has 7 heavy (non-hydrogen) atoms. The molecule has 38 valence electrons. The van der Waals surface area contributed by atoms with Gasteiger partial charge in [0.05, 0.1) is 0 Å². The predicted octanol–water partition coefficient (Wildman–Crippen LogP) is 1.58. The zero-order valence-corrected chi connectivity index (χ0v) is 4.39. The quantitative estimate of drug-likeness (QED) is 0.546. The average Bonchev–Trinajstić information content (AvgIpc) is 2.14. The monoisotopic (exact) mass is 96.1 g/mol. The van der Waals surface area contributed by atoms with Gasteiger partial charge < -0.3 is 4.98 Å². The number of aromatic amines is 1. The molecule has 1 N–H and O–H groups in total. The molecule has 0 spiro atoms. The van der Waals surface area contributed by atoms with Crippen LogP contribution in [0.2, 0.25) is 1.41 Å². The summed E-state index contributed by atoms with van der Waals surface area (Å²) in [6.45, 7) is 2.04. The van der Waals surface area contributed by atoms with Crippen molar-refractivity contribution in [3.63, 3.8) is 0 Å². The molecule has 0 amide bonds. The maximum atomic E-state index is 7.17. The van der Waals surface area contributed by atoms with Gasteiger partial charge >= 0.3 is 0 Å². The van der Waals surface area contributed by atoms with E-state index in [4.69, 9.17) is 1.41 Å². The van der Waals surface area contributed by atoms with E-state index < -0.39 is 0 Å². The highest BCUT2D eigenvalue weighted by Gasteiger charge is 1.80. The molecule has 0 aromatic carbocycles. The predicted molar refractivity (Wildman–Crippen MR) is 30.2 cm³/mol. The number of nitrogens with one attached hydrogen (secondary N) is 1. The molecule has 0 saturated heterocycles. The lowest BCUT2D eigenvalue weighted by molar-refractivity contribution is 1.06. The first-order valence-electron chi connectivity index (χ1n) is 2.95. The van der Waals surface area contributed by atoms with Gasteiger partial charge in [0.1, 0.15) is 0 Å². The molecule has 0 atom stereocenters. The maximum absolute atomic E-state index is 7.17. The fourth-order valence-electron chi connectivity index (χ4n) is 0.545. The lowest BCUT2D eigenvalue weighted by atomic mass is 10.4. The number of hydrogen-bond acceptors (Lipinski definition) is 0. The molecule has 1 rings (SSSR count). The third kappa shape index (κ3) is 0.829. The molecule has 0 bridgehead atoms. The summed E-state index contributed by atoms with van der Waals surface area (Å²) >= 11 is 0. The summed E-state index contributed by atoms with van der Waals surface area (Å²) in [6, 6.07) is 3.83. The Labute approximate surface area is 44.8 Å². The summed E-state index contributed by atoms with van der Waals surface area (Å²) in [5.41, 5.74) is 1.06. The van der Waals surface area contributed by atoms with Gasteiger partial charge in [-0.2, -0.15) is 0 Å². The Hall–Kier alpha value is -0.720. The Balaban J connectivity index is 2.92. The van der Waals surface area contributed by atoms with E-state index in [9.17, 15) is 0 Å². The average molecular weight is 96.2 g/mol. The minimum absolute atomic E-state index is 0.941. The van der Waals surface area contributed by atoms with Crippen LogP contribution in [0.15, 0.2) is 18.3 Å². The lowest BCUT2D eigenvalue weighted by Gasteiger charge is -1.81. The summed E-state index contributed by atoms with van der Waals surface area (Å²) < 4.78 is 7.17. The topological polar surface area (TPSA) is 15.8 Å². The third-order valence-electron chi connectivity index (χ3n) is 0.977. The molecule has 0 aliphatic rings. The maximum Gasteiger partial charge on any atom is 0.166 e. The van der Waals surface area contributed by atoms with Crippen molar-refractivity contribution in [1.29, 1.82) is 0 Å². The highest BCUT2D eigenvalue weighted by Crippen LogP contribution is 1.92. The van der Waals surface area contributed by atoms with E-state index in [-0.39, 0.29) is 0 Å². The summed E-state index contributed by atoms with van der Waals surface area (Å²) in [4.78, 5) is 1.39. The first-order valence-corrected chi connectivity index (χ1v) is 2.50. The Bertz CT molecular complexity index is 169. The van der Waals surface area contributed by atoms with Crippen LogP contribution >= 0.6 is 0 Å². The molecule has 1 aromatic rings. The number of rotatable bonds is 1. The van der Waals surface area contributed by atoms with Crippen LogP contribution in [0, 0.1) is 0 Å². The minimum atomic E-state index is 0.941. The number of H-pyrrole nitrogens is 1. The number of aromatic nitrogens is 1. The molecule has 0 aliphatic carbocycles. The van der Waals surface area contributed by atoms with Gasteiger partial charge in [-0.05, 0) is 18.6 Å². The second kappa shape index (κ2) is 1.82. The van der Waals surface area contributed by atoms with Crippen LogP contribution in [0.5, 0.6) is 0 Å². The largest absolute Gasteiger partial charge is 0.365 e. The van der Waals surface area contributed by atoms with E-state index in [1.807, 2.05) is 19.1 Å². The zero-order chi connectivity index (χ0) is 5.98. The van der Waals surface area contributed by atoms with Crippen LogP contribution in [-0.2, 0) is 6.42 Å². The first-order chi connectivity index (χ1) is 3.84. The number of aryl methyl sites for hydroxylation is 1. The van der Waals surface area contributed by atoms with Gasteiger partial charge in [0.15, 0.2) is 1.41 Å². The van der Waals surface area contributed by atoms with Gasteiger partial charge in [-0.1, -0.05) is 6.92 Å². The highest BCUT2D eigenvalue weighted by atomic mass is 14.7. The fourth-order valence-corrected chi connectivity index (χ4v) is 0.545. The van der Waals surface area contributed by atoms with Crippen LogP contribution in [0.3, 0.4) is 0 Å². The molecule has 0 aliphatic heterocycles. The Kier molecular flexibility index (Phi) is 0.861. The van der Waals surface area contributed by atoms with Gasteiger partial charge in [0.25, 0.3) is 0 Å². The van der Waals surface area contributed by atoms with Gasteiger partial charge in [-0.15, -0.1) is 0 Å². The first kappa shape index (κ1) is 3.30. The molecular formula is C6H9N. The van der Waals surface area contributed by atoms with E-state index >= 15 is 0 Å². The molecule has 0 saturated carbocycles. The van der Waals surface area contributed by atoms with Gasteiger partial charge in [0, 0.05) is 11.9 Å². The van der Waals surface area contributed by atoms with Crippen molar-refractivity contribution in [3.05, 3.63) is 24.0 Å². The summed E-state index contributed by atoms with van der Waals surface area (Å²) in [5.74, 6) is 0. The van der Waals surface area contributed by atoms with Crippen LogP contribution in [0.4, 0.5) is 0 Å². The van der Waals surface area contributed by atoms with Crippen molar-refractivity contribution in [1.82, 2.24) is 4.98 Å². The third-order valence-corrected chi connectivity index (χ3v) is 0.977. The van der Waals surface area contributed by atoms with E-state index in [2.05, 4.69) is 0 Å². The lowest BCUT2D eigenvalue weighted by Crippen LogP contribution is -1.73. The SMILES string of the molecule is [2H]n1cccc1CC. The Morgan fingerprint density at radius 1 is 2.00 bits per heavy atom. The van der Waals surface area contributed by atoms with E-state index in [0.717, 1.165) is 12.1 Å². The summed E-state index contributed by atoms with van der Waals surface area (Å²) in [6.07, 6.45) is 2.68. The zero-order valence-electron chi connectivity index (χ0n) is 5.39. The van der Waals surface area contributed by atoms with Crippen molar-refractivity contribution in [2.45, 2.75) is 13.3 Å². The molecule has 1 nitrogen and oxygen atoms in total. The van der Waals surface area contributed by atoms with Crippen LogP contribution in [-0.4, -0.2) is 4.98 Å². The molecule has 1 aromatic heterocycles. The standard InChI is InChI=1S/C6H9N/c1-2-6-4-3-5-7-6/h3-5,7H,2H2,1H3/i/hD. The molecular weight excluding hydrogens is 86.1 g/mol. The van der Waals surface area contributed by atoms with E-state index in [1.54, 1.807) is 6.20 Å². The number of hydrogen-bond donors (Lipinski definition) is 1. The second-order valence-corrected chi connectivity index (χ2v) is 1.48. The van der Waals surface area contributed by atoms with Gasteiger partial charge in [0.2, 0.25) is 0 Å². The molecule has 0 radical (unpaired) electrons. The van der Waals surface area contributed by atoms with E-state index in [0.29, 0.717) is 0 Å². The van der Waals surface area contributed by atoms with Crippen molar-refractivity contribution in [2.24, 2.45) is 0 Å². The minimum Gasteiger partial charge on any atom is -0.365 e. The van der Waals surface area contributed by atoms with Crippen molar-refractivity contribution >= 4 is 0 Å².